The molecule has 0 aromatic rings. The van der Waals surface area contributed by atoms with Gasteiger partial charge in [0.2, 0.25) is 0 Å². The number of quaternary nitrogens is 1. The summed E-state index contributed by atoms with van der Waals surface area (Å²) in [5, 5.41) is 0. The Hall–Kier alpha value is 0.690. The lowest BCUT2D eigenvalue weighted by molar-refractivity contribution is -0.484. The van der Waals surface area contributed by atoms with E-state index in [9.17, 15) is 0 Å². The van der Waals surface area contributed by atoms with E-state index in [1.54, 1.807) is 0 Å². The molecule has 0 unspecified atom stereocenters. The first-order valence-electron chi connectivity index (χ1n) is 27.5. The Morgan fingerprint density at radius 2 is 0.298 bits per heavy atom. The van der Waals surface area contributed by atoms with E-state index in [0.29, 0.717) is 5.54 Å². The number of unbranched alkanes of at least 4 members (excludes halogenated alkanes) is 45. The summed E-state index contributed by atoms with van der Waals surface area (Å²) >= 11 is 0. The Balaban J connectivity index is 0. The van der Waals surface area contributed by atoms with Crippen molar-refractivity contribution in [2.75, 3.05) is 0 Å². The van der Waals surface area contributed by atoms with Crippen molar-refractivity contribution in [3.05, 3.63) is 0 Å². The molecule has 2 heteroatoms. The number of hydrogen-bond acceptors (Lipinski definition) is 0. The minimum Gasteiger partial charge on any atom is -1.00 e. The maximum Gasteiger partial charge on any atom is 0.0945 e. The van der Waals surface area contributed by atoms with Gasteiger partial charge in [0, 0.05) is 19.3 Å². The van der Waals surface area contributed by atoms with Crippen LogP contribution in [0.1, 0.15) is 348 Å². The third kappa shape index (κ3) is 50.9. The van der Waals surface area contributed by atoms with Crippen molar-refractivity contribution >= 4 is 0 Å². The summed E-state index contributed by atoms with van der Waals surface area (Å²) in [5.74, 6) is 0. The second kappa shape index (κ2) is 52.8. The van der Waals surface area contributed by atoms with Gasteiger partial charge in [-0.3, -0.25) is 0 Å². The average molecular weight is 916 g/mol. The molecule has 0 amide bonds. The van der Waals surface area contributed by atoms with Gasteiger partial charge in [0.15, 0.2) is 0 Å². The molecule has 0 aromatic heterocycles. The van der Waals surface area contributed by atoms with Crippen LogP contribution in [0.5, 0.6) is 0 Å². The third-order valence-corrected chi connectivity index (χ3v) is 13.7. The van der Waals surface area contributed by atoms with Crippen molar-refractivity contribution in [2.24, 2.45) is 0 Å². The van der Waals surface area contributed by atoms with E-state index in [4.69, 9.17) is 5.73 Å². The van der Waals surface area contributed by atoms with Gasteiger partial charge in [-0.2, -0.15) is 0 Å². The molecule has 0 radical (unpaired) electrons. The van der Waals surface area contributed by atoms with Crippen molar-refractivity contribution in [2.45, 2.75) is 354 Å². The van der Waals surface area contributed by atoms with Crippen LogP contribution in [0.25, 0.3) is 0 Å². The highest BCUT2D eigenvalue weighted by atomic mass is 127. The highest BCUT2D eigenvalue weighted by Gasteiger charge is 2.27. The van der Waals surface area contributed by atoms with Crippen LogP contribution < -0.4 is 29.7 Å². The molecule has 0 atom stereocenters. The smallest absolute Gasteiger partial charge is 0.0945 e. The van der Waals surface area contributed by atoms with Gasteiger partial charge in [-0.05, 0) is 19.3 Å². The minimum absolute atomic E-state index is 0. The summed E-state index contributed by atoms with van der Waals surface area (Å²) in [6.07, 6.45) is 74.4. The first kappa shape index (κ1) is 59.8. The molecule has 3 N–H and O–H groups in total. The third-order valence-electron chi connectivity index (χ3n) is 13.7. The number of hydrogen-bond donors (Lipinski definition) is 1. The molecule has 0 fully saturated rings. The summed E-state index contributed by atoms with van der Waals surface area (Å²) in [7, 11) is 0. The van der Waals surface area contributed by atoms with Gasteiger partial charge in [-0.15, -0.1) is 0 Å². The molecule has 0 bridgehead atoms. The Kier molecular flexibility index (Phi) is 55.4. The Morgan fingerprint density at radius 3 is 0.421 bits per heavy atom. The maximum atomic E-state index is 4.99. The van der Waals surface area contributed by atoms with Crippen LogP contribution in [0.3, 0.4) is 0 Å². The van der Waals surface area contributed by atoms with Crippen molar-refractivity contribution in [3.63, 3.8) is 0 Å². The van der Waals surface area contributed by atoms with Crippen molar-refractivity contribution < 1.29 is 29.7 Å². The van der Waals surface area contributed by atoms with Crippen LogP contribution in [0.4, 0.5) is 0 Å². The molecule has 0 aliphatic carbocycles. The first-order valence-corrected chi connectivity index (χ1v) is 27.5. The predicted octanol–water partition coefficient (Wildman–Crippen LogP) is 16.9. The van der Waals surface area contributed by atoms with Crippen LogP contribution >= 0.6 is 0 Å². The van der Waals surface area contributed by atoms with E-state index in [1.807, 2.05) is 0 Å². The number of halogens is 1. The molecule has 0 aliphatic heterocycles. The molecular formula is C55H114IN. The molecule has 0 saturated carbocycles. The van der Waals surface area contributed by atoms with Crippen LogP contribution in [-0.2, 0) is 0 Å². The van der Waals surface area contributed by atoms with Gasteiger partial charge >= 0.3 is 0 Å². The first-order chi connectivity index (χ1) is 27.7. The molecule has 0 spiro atoms. The molecule has 346 valence electrons. The monoisotopic (exact) mass is 916 g/mol. The second-order valence-electron chi connectivity index (χ2n) is 19.7. The molecular weight excluding hydrogens is 802 g/mol. The summed E-state index contributed by atoms with van der Waals surface area (Å²) < 4.78 is 0. The summed E-state index contributed by atoms with van der Waals surface area (Å²) in [6.45, 7) is 6.96. The molecule has 0 rings (SSSR count). The van der Waals surface area contributed by atoms with Crippen molar-refractivity contribution in [1.29, 1.82) is 0 Å². The lowest BCUT2D eigenvalue weighted by Crippen LogP contribution is -3.00. The van der Waals surface area contributed by atoms with Gasteiger partial charge in [-0.25, -0.2) is 0 Å². The van der Waals surface area contributed by atoms with E-state index >= 15 is 0 Å². The maximum absolute atomic E-state index is 4.99. The van der Waals surface area contributed by atoms with E-state index in [1.165, 1.54) is 327 Å². The molecule has 0 aromatic carbocycles. The number of rotatable bonds is 51. The predicted molar refractivity (Wildman–Crippen MR) is 258 cm³/mol. The lowest BCUT2D eigenvalue weighted by Gasteiger charge is -2.26. The molecule has 0 saturated heterocycles. The van der Waals surface area contributed by atoms with E-state index in [-0.39, 0.29) is 24.0 Å². The standard InChI is InChI=1S/C55H113N.HI/c1-4-7-10-13-16-19-22-25-28-31-34-37-40-43-46-49-52-55(56,53-50-47-44-41-38-35-32-29-26-23-20-17-14-11-8-5-2)54-51-48-45-42-39-36-33-30-27-24-21-18-15-12-9-6-3;/h4-54,56H2,1-3H3;1H. The largest absolute Gasteiger partial charge is 1.00 e. The molecule has 1 nitrogen and oxygen atoms in total. The zero-order valence-electron chi connectivity index (χ0n) is 40.6. The average Bonchev–Trinajstić information content (AvgIpc) is 3.20. The fraction of sp³-hybridized carbons (Fsp3) is 1.00. The zero-order chi connectivity index (χ0) is 40.6. The lowest BCUT2D eigenvalue weighted by atomic mass is 9.82. The quantitative estimate of drug-likeness (QED) is 0.0465. The molecule has 57 heavy (non-hydrogen) atoms. The van der Waals surface area contributed by atoms with Crippen LogP contribution in [0, 0.1) is 0 Å². The fourth-order valence-corrected chi connectivity index (χ4v) is 9.52. The van der Waals surface area contributed by atoms with Gasteiger partial charge in [0.1, 0.15) is 0 Å². The SMILES string of the molecule is CCCCCCCCCCCCCCCCCCC([NH3+])(CCCCCCCCCCCCCCCCCC)CCCCCCCCCCCCCCCCCC.[I-]. The fourth-order valence-electron chi connectivity index (χ4n) is 9.52. The van der Waals surface area contributed by atoms with Crippen molar-refractivity contribution in [3.8, 4) is 0 Å². The summed E-state index contributed by atoms with van der Waals surface area (Å²) in [4.78, 5) is 0. The Bertz CT molecular complexity index is 589. The van der Waals surface area contributed by atoms with Gasteiger partial charge in [0.05, 0.1) is 5.54 Å². The van der Waals surface area contributed by atoms with E-state index < -0.39 is 0 Å². The summed E-state index contributed by atoms with van der Waals surface area (Å²) in [5.41, 5.74) is 5.35. The van der Waals surface area contributed by atoms with Gasteiger partial charge in [0.25, 0.3) is 0 Å². The van der Waals surface area contributed by atoms with Crippen LogP contribution in [0.15, 0.2) is 0 Å². The topological polar surface area (TPSA) is 27.6 Å². The van der Waals surface area contributed by atoms with Crippen molar-refractivity contribution in [1.82, 2.24) is 0 Å². The summed E-state index contributed by atoms with van der Waals surface area (Å²) in [6, 6.07) is 0. The van der Waals surface area contributed by atoms with E-state index in [2.05, 4.69) is 20.8 Å². The molecule has 0 heterocycles. The highest BCUT2D eigenvalue weighted by molar-refractivity contribution is 4.77. The molecule has 0 aliphatic rings. The van der Waals surface area contributed by atoms with Crippen LogP contribution in [-0.4, -0.2) is 5.54 Å². The van der Waals surface area contributed by atoms with Crippen LogP contribution in [0.2, 0.25) is 0 Å². The zero-order valence-corrected chi connectivity index (χ0v) is 42.8. The highest BCUT2D eigenvalue weighted by Crippen LogP contribution is 2.26. The Labute approximate surface area is 381 Å². The van der Waals surface area contributed by atoms with E-state index in [0.717, 1.165) is 0 Å². The van der Waals surface area contributed by atoms with Gasteiger partial charge in [-0.1, -0.05) is 310 Å². The normalized spacial score (nSPS) is 11.8. The minimum atomic E-state index is 0. The second-order valence-corrected chi connectivity index (χ2v) is 19.7. The van der Waals surface area contributed by atoms with Gasteiger partial charge < -0.3 is 29.7 Å². The Morgan fingerprint density at radius 1 is 0.193 bits per heavy atom.